The first kappa shape index (κ1) is 5.77. The molecule has 1 heterocycles. The highest BCUT2D eigenvalue weighted by molar-refractivity contribution is 6.04. The van der Waals surface area contributed by atoms with Gasteiger partial charge in [-0.1, -0.05) is 0 Å². The van der Waals surface area contributed by atoms with Crippen molar-refractivity contribution in [2.45, 2.75) is 18.9 Å². The van der Waals surface area contributed by atoms with Crippen molar-refractivity contribution in [1.29, 1.82) is 0 Å². The molecule has 0 aromatic heterocycles. The van der Waals surface area contributed by atoms with E-state index in [0.717, 1.165) is 12.1 Å². The molecule has 1 saturated carbocycles. The zero-order valence-corrected chi connectivity index (χ0v) is 5.53. The maximum Gasteiger partial charge on any atom is 0.150 e. The number of rotatable bonds is 2. The maximum atomic E-state index is 10.2. The van der Waals surface area contributed by atoms with Crippen LogP contribution < -0.4 is 0 Å². The first-order chi connectivity index (χ1) is 4.90. The summed E-state index contributed by atoms with van der Waals surface area (Å²) in [6, 6.07) is -0.282. The molecule has 3 heteroatoms. The average molecular weight is 136 g/mol. The Hall–Kier alpha value is -0.990. The lowest BCUT2D eigenvalue weighted by atomic mass is 10.4. The van der Waals surface area contributed by atoms with Crippen LogP contribution in [0, 0.1) is 5.92 Å². The minimum absolute atomic E-state index is 0.282. The predicted molar refractivity (Wildman–Crippen MR) is 38.5 cm³/mol. The molecule has 0 aromatic rings. The molecule has 1 aliphatic carbocycles. The molecular weight excluding hydrogens is 128 g/mol. The SMILES string of the molecule is O=CC1C=NC(C2CC2)=N1. The first-order valence-corrected chi connectivity index (χ1v) is 3.47. The number of aldehydes is 1. The van der Waals surface area contributed by atoms with Crippen molar-refractivity contribution in [3.8, 4) is 0 Å². The van der Waals surface area contributed by atoms with Crippen molar-refractivity contribution in [1.82, 2.24) is 0 Å². The Morgan fingerprint density at radius 3 is 2.90 bits per heavy atom. The Morgan fingerprint density at radius 1 is 1.60 bits per heavy atom. The summed E-state index contributed by atoms with van der Waals surface area (Å²) < 4.78 is 0. The van der Waals surface area contributed by atoms with Gasteiger partial charge in [0.15, 0.2) is 0 Å². The molecular formula is C7H8N2O. The van der Waals surface area contributed by atoms with Gasteiger partial charge in [-0.05, 0) is 12.8 Å². The van der Waals surface area contributed by atoms with Crippen LogP contribution in [0.5, 0.6) is 0 Å². The summed E-state index contributed by atoms with van der Waals surface area (Å²) in [5.74, 6) is 1.46. The van der Waals surface area contributed by atoms with Gasteiger partial charge in [0.2, 0.25) is 0 Å². The van der Waals surface area contributed by atoms with Crippen molar-refractivity contribution >= 4 is 18.3 Å². The summed E-state index contributed by atoms with van der Waals surface area (Å²) in [4.78, 5) is 18.3. The minimum Gasteiger partial charge on any atom is -0.301 e. The van der Waals surface area contributed by atoms with E-state index in [1.165, 1.54) is 12.8 Å². The van der Waals surface area contributed by atoms with Crippen LogP contribution in [-0.2, 0) is 4.79 Å². The molecule has 1 atom stereocenters. The van der Waals surface area contributed by atoms with Gasteiger partial charge in [-0.25, -0.2) is 4.99 Å². The van der Waals surface area contributed by atoms with E-state index in [9.17, 15) is 4.79 Å². The summed E-state index contributed by atoms with van der Waals surface area (Å²) in [6.45, 7) is 0. The van der Waals surface area contributed by atoms with Crippen LogP contribution in [0.2, 0.25) is 0 Å². The van der Waals surface area contributed by atoms with E-state index >= 15 is 0 Å². The number of nitrogens with zero attached hydrogens (tertiary/aromatic N) is 2. The zero-order valence-electron chi connectivity index (χ0n) is 5.53. The second kappa shape index (κ2) is 2.01. The summed E-state index contributed by atoms with van der Waals surface area (Å²) >= 11 is 0. The molecule has 0 aromatic carbocycles. The van der Waals surface area contributed by atoms with Crippen LogP contribution in [0.3, 0.4) is 0 Å². The van der Waals surface area contributed by atoms with Gasteiger partial charge in [-0.3, -0.25) is 4.99 Å². The number of carbonyl (C=O) groups is 1. The second-order valence-corrected chi connectivity index (χ2v) is 2.67. The van der Waals surface area contributed by atoms with Gasteiger partial charge in [-0.15, -0.1) is 0 Å². The van der Waals surface area contributed by atoms with Crippen LogP contribution >= 0.6 is 0 Å². The van der Waals surface area contributed by atoms with Crippen LogP contribution in [0.1, 0.15) is 12.8 Å². The highest BCUT2D eigenvalue weighted by Crippen LogP contribution is 2.32. The molecule has 0 amide bonds. The van der Waals surface area contributed by atoms with Crippen molar-refractivity contribution in [2.75, 3.05) is 0 Å². The van der Waals surface area contributed by atoms with Gasteiger partial charge >= 0.3 is 0 Å². The van der Waals surface area contributed by atoms with E-state index < -0.39 is 0 Å². The highest BCUT2D eigenvalue weighted by atomic mass is 16.1. The summed E-state index contributed by atoms with van der Waals surface area (Å²) in [6.07, 6.45) is 4.82. The van der Waals surface area contributed by atoms with Crippen LogP contribution in [-0.4, -0.2) is 24.4 Å². The Labute approximate surface area is 58.9 Å². The monoisotopic (exact) mass is 136 g/mol. The molecule has 3 nitrogen and oxygen atoms in total. The van der Waals surface area contributed by atoms with E-state index in [1.54, 1.807) is 6.21 Å². The summed E-state index contributed by atoms with van der Waals surface area (Å²) in [7, 11) is 0. The normalized spacial score (nSPS) is 30.4. The van der Waals surface area contributed by atoms with E-state index in [2.05, 4.69) is 9.98 Å². The fraction of sp³-hybridized carbons (Fsp3) is 0.571. The van der Waals surface area contributed by atoms with Gasteiger partial charge in [0.1, 0.15) is 18.2 Å². The molecule has 2 aliphatic rings. The molecule has 0 bridgehead atoms. The van der Waals surface area contributed by atoms with Crippen molar-refractivity contribution in [3.05, 3.63) is 0 Å². The lowest BCUT2D eigenvalue weighted by Gasteiger charge is -1.88. The van der Waals surface area contributed by atoms with Crippen LogP contribution in [0.15, 0.2) is 9.98 Å². The third-order valence-electron chi connectivity index (χ3n) is 1.72. The number of carbonyl (C=O) groups excluding carboxylic acids is 1. The molecule has 0 N–H and O–H groups in total. The molecule has 2 rings (SSSR count). The summed E-state index contributed by atoms with van der Waals surface area (Å²) in [5, 5.41) is 0. The van der Waals surface area contributed by atoms with Gasteiger partial charge in [0.05, 0.1) is 0 Å². The molecule has 10 heavy (non-hydrogen) atoms. The van der Waals surface area contributed by atoms with Crippen molar-refractivity contribution < 1.29 is 4.79 Å². The van der Waals surface area contributed by atoms with E-state index in [1.807, 2.05) is 0 Å². The molecule has 52 valence electrons. The van der Waals surface area contributed by atoms with Gasteiger partial charge in [-0.2, -0.15) is 0 Å². The minimum atomic E-state index is -0.282. The number of aliphatic imine (C=N–C) groups is 2. The third kappa shape index (κ3) is 0.875. The fourth-order valence-electron chi connectivity index (χ4n) is 0.990. The van der Waals surface area contributed by atoms with E-state index in [4.69, 9.17) is 0 Å². The fourth-order valence-corrected chi connectivity index (χ4v) is 0.990. The largest absolute Gasteiger partial charge is 0.301 e. The molecule has 0 radical (unpaired) electrons. The van der Waals surface area contributed by atoms with Crippen molar-refractivity contribution in [2.24, 2.45) is 15.9 Å². The molecule has 1 unspecified atom stereocenters. The lowest BCUT2D eigenvalue weighted by Crippen LogP contribution is -2.03. The number of hydrogen-bond donors (Lipinski definition) is 0. The second-order valence-electron chi connectivity index (χ2n) is 2.67. The Balaban J connectivity index is 2.11. The van der Waals surface area contributed by atoms with Gasteiger partial charge < -0.3 is 4.79 Å². The highest BCUT2D eigenvalue weighted by Gasteiger charge is 2.29. The third-order valence-corrected chi connectivity index (χ3v) is 1.72. The van der Waals surface area contributed by atoms with Crippen molar-refractivity contribution in [3.63, 3.8) is 0 Å². The maximum absolute atomic E-state index is 10.2. The van der Waals surface area contributed by atoms with E-state index in [-0.39, 0.29) is 6.04 Å². The quantitative estimate of drug-likeness (QED) is 0.508. The summed E-state index contributed by atoms with van der Waals surface area (Å²) in [5.41, 5.74) is 0. The lowest BCUT2D eigenvalue weighted by molar-refractivity contribution is -0.107. The smallest absolute Gasteiger partial charge is 0.150 e. The molecule has 0 spiro atoms. The number of amidine groups is 1. The first-order valence-electron chi connectivity index (χ1n) is 3.47. The topological polar surface area (TPSA) is 41.8 Å². The molecule has 1 aliphatic heterocycles. The Kier molecular flexibility index (Phi) is 1.16. The Morgan fingerprint density at radius 2 is 2.40 bits per heavy atom. The molecule has 1 fully saturated rings. The van der Waals surface area contributed by atoms with Gasteiger partial charge in [0, 0.05) is 12.1 Å². The van der Waals surface area contributed by atoms with Crippen LogP contribution in [0.4, 0.5) is 0 Å². The number of hydrogen-bond acceptors (Lipinski definition) is 3. The zero-order chi connectivity index (χ0) is 6.97. The van der Waals surface area contributed by atoms with E-state index in [0.29, 0.717) is 5.92 Å². The predicted octanol–water partition coefficient (Wildman–Crippen LogP) is 0.447. The van der Waals surface area contributed by atoms with Crippen LogP contribution in [0.25, 0.3) is 0 Å². The standard InChI is InChI=1S/C7H8N2O/c10-4-6-3-8-7(9-6)5-1-2-5/h3-6H,1-2H2. The van der Waals surface area contributed by atoms with Gasteiger partial charge in [0.25, 0.3) is 0 Å². The Bertz CT molecular complexity index is 216. The molecule has 0 saturated heterocycles. The average Bonchev–Trinajstić information content (AvgIpc) is 2.70.